The van der Waals surface area contributed by atoms with Crippen LogP contribution in [0, 0.1) is 0 Å². The molecule has 0 fully saturated rings. The molecule has 2 aromatic rings. The SMILES string of the molecule is CC[C@H](C)NC(=O)COc1nnc2ccccn12. The van der Waals surface area contributed by atoms with Crippen molar-refractivity contribution in [1.82, 2.24) is 19.9 Å². The van der Waals surface area contributed by atoms with Gasteiger partial charge in [0.2, 0.25) is 0 Å². The maximum Gasteiger partial charge on any atom is 0.322 e. The summed E-state index contributed by atoms with van der Waals surface area (Å²) in [4.78, 5) is 11.6. The van der Waals surface area contributed by atoms with E-state index in [0.29, 0.717) is 11.7 Å². The average molecular weight is 248 g/mol. The quantitative estimate of drug-likeness (QED) is 0.857. The molecule has 0 spiro atoms. The monoisotopic (exact) mass is 248 g/mol. The minimum Gasteiger partial charge on any atom is -0.453 e. The van der Waals surface area contributed by atoms with Crippen molar-refractivity contribution in [3.8, 4) is 6.01 Å². The molecular weight excluding hydrogens is 232 g/mol. The minimum absolute atomic E-state index is 0.0555. The van der Waals surface area contributed by atoms with E-state index >= 15 is 0 Å². The number of carbonyl (C=O) groups is 1. The van der Waals surface area contributed by atoms with Crippen molar-refractivity contribution in [2.45, 2.75) is 26.3 Å². The number of ether oxygens (including phenoxy) is 1. The number of fused-ring (bicyclic) bond motifs is 1. The molecule has 2 heterocycles. The molecule has 0 aromatic carbocycles. The van der Waals surface area contributed by atoms with E-state index in [-0.39, 0.29) is 18.6 Å². The van der Waals surface area contributed by atoms with Crippen molar-refractivity contribution >= 4 is 11.6 Å². The molecule has 0 saturated carbocycles. The van der Waals surface area contributed by atoms with Crippen LogP contribution in [-0.2, 0) is 4.79 Å². The van der Waals surface area contributed by atoms with Crippen LogP contribution in [0.3, 0.4) is 0 Å². The van der Waals surface area contributed by atoms with Crippen molar-refractivity contribution in [2.75, 3.05) is 6.61 Å². The fraction of sp³-hybridized carbons (Fsp3) is 0.417. The van der Waals surface area contributed by atoms with Gasteiger partial charge in [0.05, 0.1) is 0 Å². The van der Waals surface area contributed by atoms with Gasteiger partial charge >= 0.3 is 6.01 Å². The van der Waals surface area contributed by atoms with E-state index in [9.17, 15) is 4.79 Å². The van der Waals surface area contributed by atoms with Crippen LogP contribution in [0.15, 0.2) is 24.4 Å². The summed E-state index contributed by atoms with van der Waals surface area (Å²) in [7, 11) is 0. The zero-order valence-electron chi connectivity index (χ0n) is 10.5. The largest absolute Gasteiger partial charge is 0.453 e. The van der Waals surface area contributed by atoms with E-state index < -0.39 is 0 Å². The first kappa shape index (κ1) is 12.3. The molecule has 6 nitrogen and oxygen atoms in total. The highest BCUT2D eigenvalue weighted by Gasteiger charge is 2.09. The first-order valence-corrected chi connectivity index (χ1v) is 5.92. The van der Waals surface area contributed by atoms with E-state index in [4.69, 9.17) is 4.74 Å². The van der Waals surface area contributed by atoms with Crippen LogP contribution in [0.2, 0.25) is 0 Å². The van der Waals surface area contributed by atoms with Gasteiger partial charge in [-0.15, -0.1) is 5.10 Å². The van der Waals surface area contributed by atoms with Gasteiger partial charge in [-0.1, -0.05) is 18.1 Å². The third-order valence-electron chi connectivity index (χ3n) is 2.63. The molecule has 1 amide bonds. The van der Waals surface area contributed by atoms with Crippen molar-refractivity contribution < 1.29 is 9.53 Å². The molecule has 0 aliphatic rings. The van der Waals surface area contributed by atoms with Gasteiger partial charge in [0.15, 0.2) is 12.3 Å². The molecule has 0 saturated heterocycles. The minimum atomic E-state index is -0.156. The predicted octanol–water partition coefficient (Wildman–Crippen LogP) is 1.02. The van der Waals surface area contributed by atoms with Gasteiger partial charge in [0.1, 0.15) is 0 Å². The van der Waals surface area contributed by atoms with Crippen molar-refractivity contribution in [2.24, 2.45) is 0 Å². The van der Waals surface area contributed by atoms with Crippen LogP contribution in [-0.4, -0.2) is 33.2 Å². The molecule has 2 aromatic heterocycles. The third-order valence-corrected chi connectivity index (χ3v) is 2.63. The van der Waals surface area contributed by atoms with Crippen molar-refractivity contribution in [3.63, 3.8) is 0 Å². The van der Waals surface area contributed by atoms with Gasteiger partial charge in [-0.3, -0.25) is 9.20 Å². The normalized spacial score (nSPS) is 12.3. The third kappa shape index (κ3) is 2.77. The number of nitrogens with zero attached hydrogens (tertiary/aromatic N) is 3. The summed E-state index contributed by atoms with van der Waals surface area (Å²) in [5.74, 6) is -0.156. The Balaban J connectivity index is 1.96. The van der Waals surface area contributed by atoms with Crippen LogP contribution < -0.4 is 10.1 Å². The lowest BCUT2D eigenvalue weighted by molar-refractivity contribution is -0.123. The van der Waals surface area contributed by atoms with Crippen LogP contribution in [0.5, 0.6) is 6.01 Å². The summed E-state index contributed by atoms with van der Waals surface area (Å²) in [5, 5.41) is 10.6. The lowest BCUT2D eigenvalue weighted by Crippen LogP contribution is -2.35. The van der Waals surface area contributed by atoms with Crippen LogP contribution in [0.1, 0.15) is 20.3 Å². The Morgan fingerprint density at radius 2 is 2.33 bits per heavy atom. The Labute approximate surface area is 105 Å². The molecule has 2 rings (SSSR count). The second-order valence-electron chi connectivity index (χ2n) is 4.08. The summed E-state index contributed by atoms with van der Waals surface area (Å²) >= 11 is 0. The van der Waals surface area contributed by atoms with Crippen LogP contribution in [0.4, 0.5) is 0 Å². The number of carbonyl (C=O) groups excluding carboxylic acids is 1. The molecule has 1 N–H and O–H groups in total. The van der Waals surface area contributed by atoms with Crippen LogP contribution in [0.25, 0.3) is 5.65 Å². The maximum absolute atomic E-state index is 11.6. The van der Waals surface area contributed by atoms with E-state index in [1.54, 1.807) is 10.6 Å². The molecule has 6 heteroatoms. The van der Waals surface area contributed by atoms with Crippen LogP contribution >= 0.6 is 0 Å². The number of hydrogen-bond donors (Lipinski definition) is 1. The summed E-state index contributed by atoms with van der Waals surface area (Å²) in [6, 6.07) is 6.01. The molecular formula is C12H16N4O2. The van der Waals surface area contributed by atoms with Gasteiger partial charge in [-0.05, 0) is 25.5 Å². The maximum atomic E-state index is 11.6. The highest BCUT2D eigenvalue weighted by molar-refractivity contribution is 5.77. The van der Waals surface area contributed by atoms with E-state index in [1.807, 2.05) is 32.0 Å². The molecule has 18 heavy (non-hydrogen) atoms. The van der Waals surface area contributed by atoms with Gasteiger partial charge in [-0.25, -0.2) is 0 Å². The van der Waals surface area contributed by atoms with E-state index in [2.05, 4.69) is 15.5 Å². The molecule has 0 bridgehead atoms. The molecule has 0 aliphatic carbocycles. The standard InChI is InChI=1S/C12H16N4O2/c1-3-9(2)13-11(17)8-18-12-15-14-10-6-4-5-7-16(10)12/h4-7,9H,3,8H2,1-2H3,(H,13,17)/t9-/m0/s1. The molecule has 0 radical (unpaired) electrons. The Hall–Kier alpha value is -2.11. The smallest absolute Gasteiger partial charge is 0.322 e. The summed E-state index contributed by atoms with van der Waals surface area (Å²) < 4.78 is 7.03. The first-order chi connectivity index (χ1) is 8.70. The Kier molecular flexibility index (Phi) is 3.76. The number of amides is 1. The first-order valence-electron chi connectivity index (χ1n) is 5.92. The molecule has 0 unspecified atom stereocenters. The second kappa shape index (κ2) is 5.48. The van der Waals surface area contributed by atoms with E-state index in [1.165, 1.54) is 0 Å². The lowest BCUT2D eigenvalue weighted by Gasteiger charge is -2.11. The number of rotatable bonds is 5. The number of hydrogen-bond acceptors (Lipinski definition) is 4. The summed E-state index contributed by atoms with van der Waals surface area (Å²) in [6.45, 7) is 3.90. The second-order valence-corrected chi connectivity index (χ2v) is 4.08. The highest BCUT2D eigenvalue weighted by Crippen LogP contribution is 2.09. The van der Waals surface area contributed by atoms with Gasteiger partial charge < -0.3 is 10.1 Å². The zero-order valence-corrected chi connectivity index (χ0v) is 10.5. The Morgan fingerprint density at radius 3 is 3.11 bits per heavy atom. The average Bonchev–Trinajstić information content (AvgIpc) is 2.79. The summed E-state index contributed by atoms with van der Waals surface area (Å²) in [5.41, 5.74) is 0.690. The Bertz CT molecular complexity index is 538. The lowest BCUT2D eigenvalue weighted by atomic mass is 10.2. The summed E-state index contributed by atoms with van der Waals surface area (Å²) in [6.07, 6.45) is 2.68. The highest BCUT2D eigenvalue weighted by atomic mass is 16.5. The number of aromatic nitrogens is 3. The zero-order chi connectivity index (χ0) is 13.0. The van der Waals surface area contributed by atoms with E-state index in [0.717, 1.165) is 6.42 Å². The molecule has 1 atom stereocenters. The van der Waals surface area contributed by atoms with Gasteiger partial charge in [0, 0.05) is 12.2 Å². The topological polar surface area (TPSA) is 68.5 Å². The van der Waals surface area contributed by atoms with Crippen molar-refractivity contribution in [3.05, 3.63) is 24.4 Å². The fourth-order valence-electron chi connectivity index (χ4n) is 1.47. The predicted molar refractivity (Wildman–Crippen MR) is 66.4 cm³/mol. The van der Waals surface area contributed by atoms with Crippen molar-refractivity contribution in [1.29, 1.82) is 0 Å². The number of pyridine rings is 1. The Morgan fingerprint density at radius 1 is 1.50 bits per heavy atom. The molecule has 0 aliphatic heterocycles. The molecule has 96 valence electrons. The fourth-order valence-corrected chi connectivity index (χ4v) is 1.47. The van der Waals surface area contributed by atoms with Gasteiger partial charge in [0.25, 0.3) is 5.91 Å². The number of nitrogens with one attached hydrogen (secondary N) is 1. The van der Waals surface area contributed by atoms with Gasteiger partial charge in [-0.2, -0.15) is 0 Å².